The lowest BCUT2D eigenvalue weighted by molar-refractivity contribution is -0.139. The number of carboxylic acids is 1. The van der Waals surface area contributed by atoms with Crippen LogP contribution in [-0.2, 0) is 9.59 Å². The van der Waals surface area contributed by atoms with Crippen LogP contribution >= 0.6 is 0 Å². The number of rotatable bonds is 7. The van der Waals surface area contributed by atoms with E-state index in [0.29, 0.717) is 22.7 Å². The number of nitrogens with one attached hydrogen (secondary N) is 1. The monoisotopic (exact) mass is 366 g/mol. The van der Waals surface area contributed by atoms with E-state index in [-0.39, 0.29) is 5.57 Å². The first-order chi connectivity index (χ1) is 12.9. The van der Waals surface area contributed by atoms with Crippen LogP contribution in [0, 0.1) is 18.3 Å². The van der Waals surface area contributed by atoms with Crippen molar-refractivity contribution in [3.63, 3.8) is 0 Å². The fraction of sp³-hybridized carbons (Fsp3) is 0.150. The van der Waals surface area contributed by atoms with E-state index in [4.69, 9.17) is 14.6 Å². The van der Waals surface area contributed by atoms with Crippen molar-refractivity contribution < 1.29 is 24.2 Å². The number of amides is 1. The van der Waals surface area contributed by atoms with Crippen molar-refractivity contribution in [1.29, 1.82) is 5.26 Å². The van der Waals surface area contributed by atoms with Gasteiger partial charge in [-0.3, -0.25) is 4.79 Å². The lowest BCUT2D eigenvalue weighted by Crippen LogP contribution is -2.14. The zero-order valence-corrected chi connectivity index (χ0v) is 14.9. The Kier molecular flexibility index (Phi) is 6.55. The van der Waals surface area contributed by atoms with Gasteiger partial charge in [0, 0.05) is 0 Å². The highest BCUT2D eigenvalue weighted by Crippen LogP contribution is 2.26. The summed E-state index contributed by atoms with van der Waals surface area (Å²) in [6.07, 6.45) is 1.43. The average Bonchev–Trinajstić information content (AvgIpc) is 2.65. The Morgan fingerprint density at radius 1 is 1.22 bits per heavy atom. The molecule has 2 rings (SSSR count). The van der Waals surface area contributed by atoms with Gasteiger partial charge in [-0.15, -0.1) is 0 Å². The quantitative estimate of drug-likeness (QED) is 0.576. The lowest BCUT2D eigenvalue weighted by Gasteiger charge is -2.10. The molecule has 138 valence electrons. The van der Waals surface area contributed by atoms with Crippen LogP contribution in [0.5, 0.6) is 11.5 Å². The van der Waals surface area contributed by atoms with Crippen LogP contribution in [0.3, 0.4) is 0 Å². The summed E-state index contributed by atoms with van der Waals surface area (Å²) in [5.41, 5.74) is 1.92. The predicted molar refractivity (Wildman–Crippen MR) is 99.5 cm³/mol. The third-order valence-electron chi connectivity index (χ3n) is 3.52. The van der Waals surface area contributed by atoms with E-state index in [9.17, 15) is 14.9 Å². The standard InChI is InChI=1S/C20H18N2O5/c1-13-3-8-18(26-2)17(9-13)22-20(25)15(11-21)10-14-4-6-16(7-5-14)27-12-19(23)24/h3-10H,12H2,1-2H3,(H,22,25)(H,23,24)/b15-10+. The number of nitrogens with zero attached hydrogens (tertiary/aromatic N) is 1. The average molecular weight is 366 g/mol. The van der Waals surface area contributed by atoms with Gasteiger partial charge in [0.2, 0.25) is 0 Å². The molecule has 0 bridgehead atoms. The molecule has 0 heterocycles. The van der Waals surface area contributed by atoms with Gasteiger partial charge < -0.3 is 19.9 Å². The van der Waals surface area contributed by atoms with Gasteiger partial charge in [-0.2, -0.15) is 5.26 Å². The molecule has 0 fully saturated rings. The summed E-state index contributed by atoms with van der Waals surface area (Å²) < 4.78 is 10.3. The third kappa shape index (κ3) is 5.61. The first kappa shape index (κ1) is 19.5. The van der Waals surface area contributed by atoms with Crippen molar-refractivity contribution in [2.75, 3.05) is 19.0 Å². The normalized spacial score (nSPS) is 10.6. The van der Waals surface area contributed by atoms with Gasteiger partial charge in [-0.25, -0.2) is 4.79 Å². The highest BCUT2D eigenvalue weighted by molar-refractivity contribution is 6.10. The number of methoxy groups -OCH3 is 1. The Bertz CT molecular complexity index is 911. The summed E-state index contributed by atoms with van der Waals surface area (Å²) in [6.45, 7) is 1.43. The van der Waals surface area contributed by atoms with E-state index in [1.165, 1.54) is 13.2 Å². The Labute approximate surface area is 156 Å². The fourth-order valence-corrected chi connectivity index (χ4v) is 2.23. The summed E-state index contributed by atoms with van der Waals surface area (Å²) in [7, 11) is 1.50. The molecule has 0 radical (unpaired) electrons. The van der Waals surface area contributed by atoms with Crippen LogP contribution in [-0.4, -0.2) is 30.7 Å². The van der Waals surface area contributed by atoms with E-state index in [1.807, 2.05) is 19.1 Å². The second-order valence-corrected chi connectivity index (χ2v) is 5.58. The SMILES string of the molecule is COc1ccc(C)cc1NC(=O)/C(C#N)=C/c1ccc(OCC(=O)O)cc1. The van der Waals surface area contributed by atoms with E-state index >= 15 is 0 Å². The predicted octanol–water partition coefficient (Wildman–Crippen LogP) is 3.01. The molecule has 2 N–H and O–H groups in total. The van der Waals surface area contributed by atoms with Crippen LogP contribution in [0.25, 0.3) is 6.08 Å². The van der Waals surface area contributed by atoms with E-state index in [2.05, 4.69) is 5.32 Å². The van der Waals surface area contributed by atoms with Crippen molar-refractivity contribution in [3.8, 4) is 17.6 Å². The van der Waals surface area contributed by atoms with Crippen molar-refractivity contribution >= 4 is 23.6 Å². The molecule has 0 aromatic heterocycles. The largest absolute Gasteiger partial charge is 0.495 e. The van der Waals surface area contributed by atoms with Crippen LogP contribution in [0.15, 0.2) is 48.0 Å². The molecule has 2 aromatic rings. The number of carboxylic acid groups (broad SMARTS) is 1. The van der Waals surface area contributed by atoms with Gasteiger partial charge in [0.15, 0.2) is 6.61 Å². The second kappa shape index (κ2) is 9.06. The number of hydrogen-bond donors (Lipinski definition) is 2. The molecule has 7 heteroatoms. The summed E-state index contributed by atoms with van der Waals surface area (Å²) >= 11 is 0. The molecular weight excluding hydrogens is 348 g/mol. The molecule has 0 spiro atoms. The number of carbonyl (C=O) groups is 2. The number of nitriles is 1. The minimum absolute atomic E-state index is 0.0854. The minimum atomic E-state index is -1.08. The Morgan fingerprint density at radius 3 is 2.52 bits per heavy atom. The molecule has 1 amide bonds. The number of anilines is 1. The molecule has 0 saturated carbocycles. The van der Waals surface area contributed by atoms with Crippen LogP contribution in [0.1, 0.15) is 11.1 Å². The molecule has 0 aliphatic heterocycles. The zero-order valence-electron chi connectivity index (χ0n) is 14.9. The summed E-state index contributed by atoms with van der Waals surface area (Å²) in [5.74, 6) is -0.769. The van der Waals surface area contributed by atoms with Crippen molar-refractivity contribution in [3.05, 3.63) is 59.2 Å². The van der Waals surface area contributed by atoms with E-state index < -0.39 is 18.5 Å². The third-order valence-corrected chi connectivity index (χ3v) is 3.52. The van der Waals surface area contributed by atoms with Crippen LogP contribution in [0.2, 0.25) is 0 Å². The first-order valence-electron chi connectivity index (χ1n) is 7.95. The number of hydrogen-bond acceptors (Lipinski definition) is 5. The number of aliphatic carboxylic acids is 1. The summed E-state index contributed by atoms with van der Waals surface area (Å²) in [5, 5.41) is 20.6. The molecule has 7 nitrogen and oxygen atoms in total. The van der Waals surface area contributed by atoms with Crippen molar-refractivity contribution in [2.24, 2.45) is 0 Å². The maximum absolute atomic E-state index is 12.4. The minimum Gasteiger partial charge on any atom is -0.495 e. The molecule has 2 aromatic carbocycles. The Balaban J connectivity index is 2.16. The van der Waals surface area contributed by atoms with Crippen molar-refractivity contribution in [2.45, 2.75) is 6.92 Å². The van der Waals surface area contributed by atoms with E-state index in [0.717, 1.165) is 5.56 Å². The highest BCUT2D eigenvalue weighted by Gasteiger charge is 2.12. The molecule has 0 atom stereocenters. The van der Waals surface area contributed by atoms with Crippen molar-refractivity contribution in [1.82, 2.24) is 0 Å². The number of carbonyl (C=O) groups excluding carboxylic acids is 1. The molecule has 0 saturated heterocycles. The summed E-state index contributed by atoms with van der Waals surface area (Å²) in [6, 6.07) is 13.6. The molecule has 0 unspecified atom stereocenters. The van der Waals surface area contributed by atoms with Crippen LogP contribution < -0.4 is 14.8 Å². The Morgan fingerprint density at radius 2 is 1.93 bits per heavy atom. The first-order valence-corrected chi connectivity index (χ1v) is 7.95. The van der Waals surface area contributed by atoms with Gasteiger partial charge >= 0.3 is 5.97 Å². The topological polar surface area (TPSA) is 109 Å². The lowest BCUT2D eigenvalue weighted by atomic mass is 10.1. The molecule has 27 heavy (non-hydrogen) atoms. The molecule has 0 aliphatic carbocycles. The van der Waals surface area contributed by atoms with Gasteiger partial charge in [-0.1, -0.05) is 18.2 Å². The zero-order chi connectivity index (χ0) is 19.8. The maximum atomic E-state index is 12.4. The highest BCUT2D eigenvalue weighted by atomic mass is 16.5. The fourth-order valence-electron chi connectivity index (χ4n) is 2.23. The van der Waals surface area contributed by atoms with E-state index in [1.54, 1.807) is 36.4 Å². The maximum Gasteiger partial charge on any atom is 0.341 e. The number of benzene rings is 2. The van der Waals surface area contributed by atoms with Gasteiger partial charge in [0.05, 0.1) is 12.8 Å². The van der Waals surface area contributed by atoms with Crippen LogP contribution in [0.4, 0.5) is 5.69 Å². The Hall–Kier alpha value is -3.79. The number of aryl methyl sites for hydroxylation is 1. The van der Waals surface area contributed by atoms with Gasteiger partial charge in [0.25, 0.3) is 5.91 Å². The number of ether oxygens (including phenoxy) is 2. The molecule has 0 aliphatic rings. The smallest absolute Gasteiger partial charge is 0.341 e. The van der Waals surface area contributed by atoms with Gasteiger partial charge in [-0.05, 0) is 48.4 Å². The summed E-state index contributed by atoms with van der Waals surface area (Å²) in [4.78, 5) is 22.9. The van der Waals surface area contributed by atoms with Gasteiger partial charge in [0.1, 0.15) is 23.1 Å². The second-order valence-electron chi connectivity index (χ2n) is 5.58. The molecular formula is C20H18N2O5.